The number of nitrogens with two attached hydrogens (primary N) is 1. The van der Waals surface area contributed by atoms with E-state index in [1.807, 2.05) is 6.92 Å². The number of aliphatic hydroxyl groups is 2. The Kier molecular flexibility index (Phi) is 16.3. The lowest BCUT2D eigenvalue weighted by Crippen LogP contribution is -2.11. The maximum absolute atomic E-state index is 10.1. The van der Waals surface area contributed by atoms with Crippen molar-refractivity contribution in [3.8, 4) is 0 Å². The zero-order chi connectivity index (χ0) is 13.5. The summed E-state index contributed by atoms with van der Waals surface area (Å²) in [5, 5.41) is 16.5. The molecule has 0 aliphatic heterocycles. The number of aliphatic hydroxyl groups excluding tert-OH is 2. The van der Waals surface area contributed by atoms with Crippen molar-refractivity contribution in [2.75, 3.05) is 39.6 Å². The molecule has 4 N–H and O–H groups in total. The van der Waals surface area contributed by atoms with Crippen LogP contribution >= 0.6 is 0 Å². The fourth-order valence-electron chi connectivity index (χ4n) is 0.625. The molecule has 6 heteroatoms. The van der Waals surface area contributed by atoms with Gasteiger partial charge < -0.3 is 25.4 Å². The summed E-state index contributed by atoms with van der Waals surface area (Å²) in [7, 11) is 0. The molecule has 0 radical (unpaired) electrons. The summed E-state index contributed by atoms with van der Waals surface area (Å²) in [5.41, 5.74) is 5.29. The van der Waals surface area contributed by atoms with E-state index in [9.17, 15) is 4.79 Å². The first-order valence-corrected chi connectivity index (χ1v) is 5.44. The Morgan fingerprint density at radius 2 is 1.53 bits per heavy atom. The molecule has 0 spiro atoms. The Morgan fingerprint density at radius 3 is 1.71 bits per heavy atom. The van der Waals surface area contributed by atoms with Gasteiger partial charge in [-0.05, 0) is 6.42 Å². The number of hydrogen-bond donors (Lipinski definition) is 3. The van der Waals surface area contributed by atoms with Crippen LogP contribution in [0.25, 0.3) is 0 Å². The molecule has 1 amide bonds. The molecule has 0 unspecified atom stereocenters. The van der Waals surface area contributed by atoms with Gasteiger partial charge in [-0.2, -0.15) is 0 Å². The maximum Gasteiger partial charge on any atom is 0.244 e. The second-order valence-electron chi connectivity index (χ2n) is 2.99. The molecule has 17 heavy (non-hydrogen) atoms. The topological polar surface area (TPSA) is 102 Å². The second kappa shape index (κ2) is 15.0. The van der Waals surface area contributed by atoms with Crippen LogP contribution in [0.3, 0.4) is 0 Å². The first-order valence-electron chi connectivity index (χ1n) is 5.44. The fourth-order valence-corrected chi connectivity index (χ4v) is 0.625. The molecule has 0 bridgehead atoms. The molecule has 0 fully saturated rings. The zero-order valence-corrected chi connectivity index (χ0v) is 10.4. The van der Waals surface area contributed by atoms with Crippen molar-refractivity contribution >= 4 is 5.91 Å². The van der Waals surface area contributed by atoms with Crippen molar-refractivity contribution in [3.63, 3.8) is 0 Å². The largest absolute Gasteiger partial charge is 0.394 e. The zero-order valence-electron chi connectivity index (χ0n) is 10.4. The van der Waals surface area contributed by atoms with Gasteiger partial charge in [0.15, 0.2) is 0 Å². The molecule has 0 heterocycles. The van der Waals surface area contributed by atoms with Gasteiger partial charge in [0.05, 0.1) is 39.6 Å². The first-order chi connectivity index (χ1) is 8.09. The van der Waals surface area contributed by atoms with Gasteiger partial charge in [0.2, 0.25) is 5.91 Å². The number of primary amides is 1. The Balaban J connectivity index is 0. The lowest BCUT2D eigenvalue weighted by Gasteiger charge is -2.01. The fraction of sp³-hybridized carbons (Fsp3) is 0.727. The van der Waals surface area contributed by atoms with Gasteiger partial charge in [0.25, 0.3) is 0 Å². The summed E-state index contributed by atoms with van der Waals surface area (Å²) < 4.78 is 9.75. The van der Waals surface area contributed by atoms with Crippen LogP contribution in [-0.4, -0.2) is 55.8 Å². The van der Waals surface area contributed by atoms with Crippen molar-refractivity contribution in [3.05, 3.63) is 12.2 Å². The van der Waals surface area contributed by atoms with Crippen molar-refractivity contribution in [2.24, 2.45) is 5.73 Å². The van der Waals surface area contributed by atoms with Gasteiger partial charge in [0.1, 0.15) is 0 Å². The van der Waals surface area contributed by atoms with Crippen LogP contribution in [0, 0.1) is 0 Å². The molecular formula is C11H23NO5. The van der Waals surface area contributed by atoms with E-state index >= 15 is 0 Å². The number of amides is 1. The SMILES string of the molecule is C=C(CC)C(N)=O.OCCOCCOCCO. The van der Waals surface area contributed by atoms with Gasteiger partial charge in [-0.3, -0.25) is 4.79 Å². The van der Waals surface area contributed by atoms with Crippen LogP contribution in [0.5, 0.6) is 0 Å². The Bertz CT molecular complexity index is 188. The van der Waals surface area contributed by atoms with Gasteiger partial charge >= 0.3 is 0 Å². The van der Waals surface area contributed by atoms with Crippen LogP contribution < -0.4 is 5.73 Å². The van der Waals surface area contributed by atoms with E-state index in [2.05, 4.69) is 6.58 Å². The van der Waals surface area contributed by atoms with E-state index in [4.69, 9.17) is 25.4 Å². The van der Waals surface area contributed by atoms with Crippen LogP contribution in [0.15, 0.2) is 12.2 Å². The van der Waals surface area contributed by atoms with E-state index in [0.717, 1.165) is 0 Å². The van der Waals surface area contributed by atoms with Crippen LogP contribution in [0.2, 0.25) is 0 Å². The molecule has 0 saturated carbocycles. The van der Waals surface area contributed by atoms with E-state index in [-0.39, 0.29) is 13.2 Å². The summed E-state index contributed by atoms with van der Waals surface area (Å²) in [6, 6.07) is 0. The summed E-state index contributed by atoms with van der Waals surface area (Å²) in [5.74, 6) is -0.400. The summed E-state index contributed by atoms with van der Waals surface area (Å²) in [6.07, 6.45) is 0.648. The molecule has 0 aromatic heterocycles. The predicted octanol–water partition coefficient (Wildman–Crippen LogP) is -0.558. The van der Waals surface area contributed by atoms with Crippen LogP contribution in [0.1, 0.15) is 13.3 Å². The number of hydrogen-bond acceptors (Lipinski definition) is 5. The highest BCUT2D eigenvalue weighted by Gasteiger charge is 1.93. The third-order valence-electron chi connectivity index (χ3n) is 1.62. The van der Waals surface area contributed by atoms with Gasteiger partial charge in [0, 0.05) is 5.57 Å². The van der Waals surface area contributed by atoms with E-state index in [0.29, 0.717) is 38.4 Å². The average Bonchev–Trinajstić information content (AvgIpc) is 2.33. The highest BCUT2D eigenvalue weighted by Crippen LogP contribution is 1.91. The molecule has 6 nitrogen and oxygen atoms in total. The molecule has 0 atom stereocenters. The van der Waals surface area contributed by atoms with Crippen molar-refractivity contribution in [1.29, 1.82) is 0 Å². The van der Waals surface area contributed by atoms with Crippen molar-refractivity contribution < 1.29 is 24.5 Å². The molecular weight excluding hydrogens is 226 g/mol. The number of carbonyl (C=O) groups excluding carboxylic acids is 1. The predicted molar refractivity (Wildman–Crippen MR) is 64.4 cm³/mol. The standard InChI is InChI=1S/C6H14O4.C5H9NO/c7-1-3-9-5-6-10-4-2-8;1-3-4(2)5(6)7/h7-8H,1-6H2;2-3H2,1H3,(H2,6,7). The monoisotopic (exact) mass is 249 g/mol. The molecule has 0 aliphatic carbocycles. The van der Waals surface area contributed by atoms with E-state index < -0.39 is 5.91 Å². The lowest BCUT2D eigenvalue weighted by atomic mass is 10.2. The highest BCUT2D eigenvalue weighted by atomic mass is 16.5. The van der Waals surface area contributed by atoms with Crippen LogP contribution in [-0.2, 0) is 14.3 Å². The molecule has 0 saturated heterocycles. The molecule has 0 aliphatic rings. The van der Waals surface area contributed by atoms with E-state index in [1.165, 1.54) is 0 Å². The third-order valence-corrected chi connectivity index (χ3v) is 1.62. The van der Waals surface area contributed by atoms with Gasteiger partial charge in [-0.1, -0.05) is 13.5 Å². The van der Waals surface area contributed by atoms with Gasteiger partial charge in [-0.25, -0.2) is 0 Å². The average molecular weight is 249 g/mol. The minimum absolute atomic E-state index is 0.0417. The molecule has 0 rings (SSSR count). The Hall–Kier alpha value is -0.950. The van der Waals surface area contributed by atoms with Crippen molar-refractivity contribution in [1.82, 2.24) is 0 Å². The maximum atomic E-state index is 10.1. The number of rotatable bonds is 9. The molecule has 102 valence electrons. The second-order valence-corrected chi connectivity index (χ2v) is 2.99. The smallest absolute Gasteiger partial charge is 0.244 e. The summed E-state index contributed by atoms with van der Waals surface area (Å²) in [4.78, 5) is 10.1. The Morgan fingerprint density at radius 1 is 1.12 bits per heavy atom. The molecule has 0 aromatic carbocycles. The quantitative estimate of drug-likeness (QED) is 0.375. The Labute approximate surface area is 102 Å². The normalized spacial score (nSPS) is 9.35. The highest BCUT2D eigenvalue weighted by molar-refractivity contribution is 5.91. The van der Waals surface area contributed by atoms with E-state index in [1.54, 1.807) is 0 Å². The first kappa shape index (κ1) is 18.4. The number of ether oxygens (including phenoxy) is 2. The van der Waals surface area contributed by atoms with Gasteiger partial charge in [-0.15, -0.1) is 0 Å². The summed E-state index contributed by atoms with van der Waals surface area (Å²) in [6.45, 7) is 6.97. The summed E-state index contributed by atoms with van der Waals surface area (Å²) >= 11 is 0. The lowest BCUT2D eigenvalue weighted by molar-refractivity contribution is -0.114. The van der Waals surface area contributed by atoms with Crippen LogP contribution in [0.4, 0.5) is 0 Å². The minimum atomic E-state index is -0.400. The minimum Gasteiger partial charge on any atom is -0.394 e. The van der Waals surface area contributed by atoms with Crippen molar-refractivity contribution in [2.45, 2.75) is 13.3 Å². The third kappa shape index (κ3) is 17.7. The number of carbonyl (C=O) groups is 1. The molecule has 0 aromatic rings.